The minimum Gasteiger partial charge on any atom is -0.350 e. The van der Waals surface area contributed by atoms with Crippen LogP contribution in [0.3, 0.4) is 0 Å². The Morgan fingerprint density at radius 3 is 2.62 bits per heavy atom. The molecule has 21 heavy (non-hydrogen) atoms. The van der Waals surface area contributed by atoms with E-state index in [4.69, 9.17) is 5.73 Å². The zero-order valence-electron chi connectivity index (χ0n) is 12.8. The van der Waals surface area contributed by atoms with Gasteiger partial charge in [-0.3, -0.25) is 4.79 Å². The predicted octanol–water partition coefficient (Wildman–Crippen LogP) is 3.42. The maximum atomic E-state index is 12.3. The lowest BCUT2D eigenvalue weighted by Crippen LogP contribution is -2.54. The molecule has 1 aliphatic rings. The van der Waals surface area contributed by atoms with E-state index in [0.717, 1.165) is 31.2 Å². The van der Waals surface area contributed by atoms with Gasteiger partial charge in [0.2, 0.25) is 5.91 Å². The highest BCUT2D eigenvalue weighted by Crippen LogP contribution is 2.26. The third-order valence-corrected chi connectivity index (χ3v) is 4.90. The van der Waals surface area contributed by atoms with E-state index < -0.39 is 5.54 Å². The Morgan fingerprint density at radius 2 is 2.00 bits per heavy atom. The summed E-state index contributed by atoms with van der Waals surface area (Å²) in [6, 6.07) is 6.33. The quantitative estimate of drug-likeness (QED) is 0.833. The van der Waals surface area contributed by atoms with E-state index in [1.807, 2.05) is 0 Å². The van der Waals surface area contributed by atoms with Gasteiger partial charge in [-0.05, 0) is 43.2 Å². The molecule has 0 unspecified atom stereocenters. The van der Waals surface area contributed by atoms with Crippen molar-refractivity contribution < 1.29 is 4.79 Å². The molecule has 118 valence electrons. The van der Waals surface area contributed by atoms with Crippen LogP contribution in [0.2, 0.25) is 0 Å². The van der Waals surface area contributed by atoms with Crippen LogP contribution in [0.4, 0.5) is 0 Å². The maximum Gasteiger partial charge on any atom is 0.240 e. The van der Waals surface area contributed by atoms with Crippen LogP contribution in [0.25, 0.3) is 0 Å². The second kappa shape index (κ2) is 8.06. The molecule has 0 bridgehead atoms. The standard InChI is InChI=1S/C16H24N2OS.ClH/c1-12-6-7-13(14(10-12)20-2)11-18-15(19)16(17)8-4-3-5-9-16;/h6-7,10H,3-5,8-9,11,17H2,1-2H3,(H,18,19);1H. The summed E-state index contributed by atoms with van der Waals surface area (Å²) < 4.78 is 0. The number of carbonyl (C=O) groups excluding carboxylic acids is 1. The monoisotopic (exact) mass is 328 g/mol. The number of halogens is 1. The summed E-state index contributed by atoms with van der Waals surface area (Å²) >= 11 is 1.71. The molecule has 1 amide bonds. The molecule has 0 saturated heterocycles. The number of benzene rings is 1. The Hall–Kier alpha value is -0.710. The normalized spacial score (nSPS) is 16.9. The number of nitrogens with one attached hydrogen (secondary N) is 1. The van der Waals surface area contributed by atoms with E-state index in [1.165, 1.54) is 16.9 Å². The summed E-state index contributed by atoms with van der Waals surface area (Å²) in [6.07, 6.45) is 6.99. The Labute approximate surface area is 137 Å². The van der Waals surface area contributed by atoms with Gasteiger partial charge in [-0.25, -0.2) is 0 Å². The first-order valence-electron chi connectivity index (χ1n) is 7.26. The van der Waals surface area contributed by atoms with E-state index in [9.17, 15) is 4.79 Å². The number of rotatable bonds is 4. The van der Waals surface area contributed by atoms with Gasteiger partial charge in [-0.15, -0.1) is 24.2 Å². The average molecular weight is 329 g/mol. The van der Waals surface area contributed by atoms with Crippen LogP contribution in [0.15, 0.2) is 23.1 Å². The Kier molecular flexibility index (Phi) is 7.04. The summed E-state index contributed by atoms with van der Waals surface area (Å²) in [5.74, 6) is 0.00447. The molecule has 5 heteroatoms. The molecule has 0 aromatic heterocycles. The number of thioether (sulfide) groups is 1. The van der Waals surface area contributed by atoms with E-state index in [0.29, 0.717) is 6.54 Å². The minimum atomic E-state index is -0.650. The summed E-state index contributed by atoms with van der Waals surface area (Å²) in [6.45, 7) is 2.65. The second-order valence-corrected chi connectivity index (χ2v) is 6.56. The van der Waals surface area contributed by atoms with Crippen LogP contribution in [-0.2, 0) is 11.3 Å². The summed E-state index contributed by atoms with van der Waals surface area (Å²) in [5.41, 5.74) is 8.00. The highest BCUT2D eigenvalue weighted by atomic mass is 35.5. The number of nitrogens with two attached hydrogens (primary N) is 1. The van der Waals surface area contributed by atoms with Gasteiger partial charge in [0.05, 0.1) is 5.54 Å². The highest BCUT2D eigenvalue weighted by Gasteiger charge is 2.34. The van der Waals surface area contributed by atoms with Crippen molar-refractivity contribution in [2.45, 2.75) is 56.0 Å². The molecule has 0 aliphatic heterocycles. The van der Waals surface area contributed by atoms with Gasteiger partial charge in [0.15, 0.2) is 0 Å². The average Bonchev–Trinajstić information content (AvgIpc) is 2.46. The van der Waals surface area contributed by atoms with Gasteiger partial charge >= 0.3 is 0 Å². The molecule has 1 saturated carbocycles. The molecule has 1 aromatic carbocycles. The van der Waals surface area contributed by atoms with E-state index in [1.54, 1.807) is 11.8 Å². The molecule has 1 fully saturated rings. The number of hydrogen-bond acceptors (Lipinski definition) is 3. The van der Waals surface area contributed by atoms with Crippen LogP contribution >= 0.6 is 24.2 Å². The Morgan fingerprint density at radius 1 is 1.33 bits per heavy atom. The third kappa shape index (κ3) is 4.63. The van der Waals surface area contributed by atoms with E-state index >= 15 is 0 Å². The Balaban J connectivity index is 0.00000220. The van der Waals surface area contributed by atoms with Crippen molar-refractivity contribution in [1.82, 2.24) is 5.32 Å². The van der Waals surface area contributed by atoms with Crippen molar-refractivity contribution >= 4 is 30.1 Å². The molecule has 0 radical (unpaired) electrons. The van der Waals surface area contributed by atoms with Crippen molar-refractivity contribution in [2.75, 3.05) is 6.26 Å². The van der Waals surface area contributed by atoms with Gasteiger partial charge < -0.3 is 11.1 Å². The molecule has 2 rings (SSSR count). The van der Waals surface area contributed by atoms with Gasteiger partial charge in [0, 0.05) is 11.4 Å². The lowest BCUT2D eigenvalue weighted by Gasteiger charge is -2.31. The topological polar surface area (TPSA) is 55.1 Å². The van der Waals surface area contributed by atoms with Crippen LogP contribution in [-0.4, -0.2) is 17.7 Å². The third-order valence-electron chi connectivity index (χ3n) is 4.08. The first-order valence-corrected chi connectivity index (χ1v) is 8.48. The Bertz CT molecular complexity index is 487. The first-order chi connectivity index (χ1) is 9.55. The molecule has 0 heterocycles. The van der Waals surface area contributed by atoms with Crippen LogP contribution in [0.1, 0.15) is 43.2 Å². The molecule has 3 nitrogen and oxygen atoms in total. The van der Waals surface area contributed by atoms with Crippen molar-refractivity contribution in [3.05, 3.63) is 29.3 Å². The van der Waals surface area contributed by atoms with Crippen LogP contribution in [0.5, 0.6) is 0 Å². The second-order valence-electron chi connectivity index (χ2n) is 5.71. The lowest BCUT2D eigenvalue weighted by molar-refractivity contribution is -0.127. The van der Waals surface area contributed by atoms with Crippen molar-refractivity contribution in [2.24, 2.45) is 5.73 Å². The van der Waals surface area contributed by atoms with Crippen molar-refractivity contribution in [3.8, 4) is 0 Å². The van der Waals surface area contributed by atoms with E-state index in [2.05, 4.69) is 36.7 Å². The smallest absolute Gasteiger partial charge is 0.240 e. The predicted molar refractivity (Wildman–Crippen MR) is 92.1 cm³/mol. The van der Waals surface area contributed by atoms with Crippen LogP contribution < -0.4 is 11.1 Å². The zero-order valence-corrected chi connectivity index (χ0v) is 14.4. The fourth-order valence-electron chi connectivity index (χ4n) is 2.76. The number of amides is 1. The number of carbonyl (C=O) groups is 1. The van der Waals surface area contributed by atoms with E-state index in [-0.39, 0.29) is 18.3 Å². The summed E-state index contributed by atoms with van der Waals surface area (Å²) in [7, 11) is 0. The molecule has 0 atom stereocenters. The number of aryl methyl sites for hydroxylation is 1. The summed E-state index contributed by atoms with van der Waals surface area (Å²) in [4.78, 5) is 13.5. The van der Waals surface area contributed by atoms with Crippen molar-refractivity contribution in [1.29, 1.82) is 0 Å². The molecular weight excluding hydrogens is 304 g/mol. The molecule has 1 aliphatic carbocycles. The molecule has 0 spiro atoms. The fourth-order valence-corrected chi connectivity index (χ4v) is 3.47. The molecule has 3 N–H and O–H groups in total. The number of hydrogen-bond donors (Lipinski definition) is 2. The molecular formula is C16H25ClN2OS. The SMILES string of the molecule is CSc1cc(C)ccc1CNC(=O)C1(N)CCCCC1.Cl. The van der Waals surface area contributed by atoms with Gasteiger partial charge in [-0.2, -0.15) is 0 Å². The highest BCUT2D eigenvalue weighted by molar-refractivity contribution is 7.98. The zero-order chi connectivity index (χ0) is 14.6. The lowest BCUT2D eigenvalue weighted by atomic mass is 9.82. The van der Waals surface area contributed by atoms with Gasteiger partial charge in [0.25, 0.3) is 0 Å². The van der Waals surface area contributed by atoms with Crippen LogP contribution in [0, 0.1) is 6.92 Å². The van der Waals surface area contributed by atoms with Gasteiger partial charge in [0.1, 0.15) is 0 Å². The van der Waals surface area contributed by atoms with Crippen molar-refractivity contribution in [3.63, 3.8) is 0 Å². The minimum absolute atomic E-state index is 0. The summed E-state index contributed by atoms with van der Waals surface area (Å²) in [5, 5.41) is 3.03. The first kappa shape index (κ1) is 18.3. The fraction of sp³-hybridized carbons (Fsp3) is 0.562. The maximum absolute atomic E-state index is 12.3. The molecule has 1 aromatic rings. The largest absolute Gasteiger partial charge is 0.350 e. The van der Waals surface area contributed by atoms with Gasteiger partial charge in [-0.1, -0.05) is 31.4 Å².